The molecule has 1 atom stereocenters. The zero-order valence-corrected chi connectivity index (χ0v) is 8.70. The minimum absolute atomic E-state index is 0.689. The highest BCUT2D eigenvalue weighted by molar-refractivity contribution is 7.99. The summed E-state index contributed by atoms with van der Waals surface area (Å²) in [6, 6.07) is 0. The molecule has 1 unspecified atom stereocenters. The second-order valence-corrected chi connectivity index (χ2v) is 4.88. The third-order valence-corrected chi connectivity index (χ3v) is 3.67. The normalized spacial score (nSPS) is 20.5. The minimum Gasteiger partial charge on any atom is -0.330 e. The van der Waals surface area contributed by atoms with Crippen LogP contribution in [0.15, 0.2) is 0 Å². The first kappa shape index (κ1) is 10.4. The maximum atomic E-state index is 5.53. The Labute approximate surface area is 79.7 Å². The Hall–Kier alpha value is 0.270. The number of thioether (sulfide) groups is 1. The van der Waals surface area contributed by atoms with Crippen molar-refractivity contribution in [1.29, 1.82) is 0 Å². The molecule has 1 aliphatic rings. The summed E-state index contributed by atoms with van der Waals surface area (Å²) >= 11 is 2.06. The van der Waals surface area contributed by atoms with Crippen molar-refractivity contribution in [3.8, 4) is 0 Å². The first-order valence-corrected chi connectivity index (χ1v) is 5.97. The van der Waals surface area contributed by atoms with Gasteiger partial charge in [-0.05, 0) is 49.4 Å². The van der Waals surface area contributed by atoms with Gasteiger partial charge < -0.3 is 11.1 Å². The van der Waals surface area contributed by atoms with Crippen molar-refractivity contribution in [2.24, 2.45) is 17.6 Å². The molecule has 0 amide bonds. The lowest BCUT2D eigenvalue weighted by atomic mass is 10.0. The molecule has 1 heterocycles. The van der Waals surface area contributed by atoms with Crippen LogP contribution in [-0.2, 0) is 0 Å². The Morgan fingerprint density at radius 3 is 2.83 bits per heavy atom. The average Bonchev–Trinajstić information content (AvgIpc) is 2.00. The Kier molecular flexibility index (Phi) is 5.04. The fourth-order valence-corrected chi connectivity index (χ4v) is 2.36. The van der Waals surface area contributed by atoms with Crippen molar-refractivity contribution in [2.75, 3.05) is 31.1 Å². The van der Waals surface area contributed by atoms with E-state index in [9.17, 15) is 0 Å². The molecule has 0 spiro atoms. The number of hydrogen-bond acceptors (Lipinski definition) is 3. The zero-order valence-electron chi connectivity index (χ0n) is 7.88. The lowest BCUT2D eigenvalue weighted by Crippen LogP contribution is -2.42. The minimum atomic E-state index is 0.689. The van der Waals surface area contributed by atoms with E-state index in [4.69, 9.17) is 5.73 Å². The van der Waals surface area contributed by atoms with E-state index in [2.05, 4.69) is 24.0 Å². The summed E-state index contributed by atoms with van der Waals surface area (Å²) in [6.07, 6.45) is 1.38. The number of rotatable bonds is 6. The Morgan fingerprint density at radius 1 is 1.58 bits per heavy atom. The lowest BCUT2D eigenvalue weighted by molar-refractivity contribution is 0.341. The molecule has 1 aliphatic heterocycles. The molecule has 0 radical (unpaired) electrons. The van der Waals surface area contributed by atoms with E-state index in [0.717, 1.165) is 12.5 Å². The monoisotopic (exact) mass is 188 g/mol. The molecular formula is C9H20N2S. The summed E-state index contributed by atoms with van der Waals surface area (Å²) in [7, 11) is 0. The summed E-state index contributed by atoms with van der Waals surface area (Å²) in [5, 5.41) is 3.29. The Bertz CT molecular complexity index is 108. The number of hydrogen-bond donors (Lipinski definition) is 2. The molecule has 0 aromatic carbocycles. The van der Waals surface area contributed by atoms with Gasteiger partial charge in [-0.15, -0.1) is 0 Å². The molecule has 1 rings (SSSR count). The predicted octanol–water partition coefficient (Wildman–Crippen LogP) is 0.924. The maximum Gasteiger partial charge on any atom is -0.000796 e. The van der Waals surface area contributed by atoms with Crippen LogP contribution in [0.4, 0.5) is 0 Å². The van der Waals surface area contributed by atoms with Crippen molar-refractivity contribution in [1.82, 2.24) is 5.32 Å². The van der Waals surface area contributed by atoms with Crippen LogP contribution in [-0.4, -0.2) is 31.1 Å². The summed E-state index contributed by atoms with van der Waals surface area (Å²) in [5.74, 6) is 4.20. The van der Waals surface area contributed by atoms with Gasteiger partial charge in [0.05, 0.1) is 0 Å². The second-order valence-electron chi connectivity index (χ2n) is 3.73. The lowest BCUT2D eigenvalue weighted by Gasteiger charge is -2.26. The van der Waals surface area contributed by atoms with Gasteiger partial charge in [-0.25, -0.2) is 0 Å². The first-order valence-electron chi connectivity index (χ1n) is 4.81. The molecule has 0 aliphatic carbocycles. The zero-order chi connectivity index (χ0) is 8.81. The van der Waals surface area contributed by atoms with Crippen molar-refractivity contribution in [2.45, 2.75) is 13.3 Å². The van der Waals surface area contributed by atoms with Crippen LogP contribution in [0.1, 0.15) is 13.3 Å². The van der Waals surface area contributed by atoms with E-state index in [1.807, 2.05) is 0 Å². The van der Waals surface area contributed by atoms with Gasteiger partial charge in [0.15, 0.2) is 0 Å². The third kappa shape index (κ3) is 3.78. The second kappa shape index (κ2) is 5.84. The summed E-state index contributed by atoms with van der Waals surface area (Å²) in [4.78, 5) is 0. The van der Waals surface area contributed by atoms with Gasteiger partial charge in [-0.1, -0.05) is 6.92 Å². The van der Waals surface area contributed by atoms with E-state index in [0.29, 0.717) is 5.92 Å². The van der Waals surface area contributed by atoms with Crippen molar-refractivity contribution in [3.63, 3.8) is 0 Å². The van der Waals surface area contributed by atoms with E-state index in [1.54, 1.807) is 0 Å². The van der Waals surface area contributed by atoms with Crippen molar-refractivity contribution < 1.29 is 0 Å². The highest BCUT2D eigenvalue weighted by atomic mass is 32.2. The van der Waals surface area contributed by atoms with Crippen LogP contribution < -0.4 is 11.1 Å². The number of nitrogens with one attached hydrogen (secondary N) is 1. The van der Waals surface area contributed by atoms with Crippen molar-refractivity contribution in [3.05, 3.63) is 0 Å². The molecule has 0 bridgehead atoms. The van der Waals surface area contributed by atoms with Gasteiger partial charge in [0, 0.05) is 0 Å². The van der Waals surface area contributed by atoms with Crippen LogP contribution in [0.3, 0.4) is 0 Å². The topological polar surface area (TPSA) is 38.0 Å². The number of nitrogens with two attached hydrogens (primary N) is 1. The Balaban J connectivity index is 1.82. The molecule has 3 N–H and O–H groups in total. The average molecular weight is 188 g/mol. The van der Waals surface area contributed by atoms with Crippen molar-refractivity contribution >= 4 is 11.8 Å². The predicted molar refractivity (Wildman–Crippen MR) is 56.5 cm³/mol. The fourth-order valence-electron chi connectivity index (χ4n) is 1.16. The summed E-state index contributed by atoms with van der Waals surface area (Å²) in [5.41, 5.74) is 5.53. The molecule has 2 nitrogen and oxygen atoms in total. The van der Waals surface area contributed by atoms with E-state index >= 15 is 0 Å². The maximum absolute atomic E-state index is 5.53. The van der Waals surface area contributed by atoms with Gasteiger partial charge >= 0.3 is 0 Å². The first-order chi connectivity index (χ1) is 5.83. The smallest absolute Gasteiger partial charge is 0.000796 e. The van der Waals surface area contributed by atoms with Crippen LogP contribution in [0.25, 0.3) is 0 Å². The van der Waals surface area contributed by atoms with Gasteiger partial charge in [-0.2, -0.15) is 11.8 Å². The van der Waals surface area contributed by atoms with Gasteiger partial charge in [0.25, 0.3) is 0 Å². The third-order valence-electron chi connectivity index (χ3n) is 2.34. The van der Waals surface area contributed by atoms with Gasteiger partial charge in [0.1, 0.15) is 0 Å². The molecule has 1 fully saturated rings. The molecule has 0 aromatic rings. The Morgan fingerprint density at radius 2 is 2.33 bits per heavy atom. The molecule has 1 saturated heterocycles. The summed E-state index contributed by atoms with van der Waals surface area (Å²) < 4.78 is 0. The SMILES string of the molecule is CC(CN)CSCCC1CNC1. The molecule has 0 aromatic heterocycles. The van der Waals surface area contributed by atoms with Gasteiger partial charge in [-0.3, -0.25) is 0 Å². The van der Waals surface area contributed by atoms with E-state index < -0.39 is 0 Å². The molecular weight excluding hydrogens is 168 g/mol. The molecule has 3 heteroatoms. The standard InChI is InChI=1S/C9H20N2S/c1-8(4-10)7-12-3-2-9-5-11-6-9/h8-9,11H,2-7,10H2,1H3. The fraction of sp³-hybridized carbons (Fsp3) is 1.00. The molecule has 12 heavy (non-hydrogen) atoms. The van der Waals surface area contributed by atoms with Crippen LogP contribution in [0.2, 0.25) is 0 Å². The van der Waals surface area contributed by atoms with E-state index in [1.165, 1.54) is 31.0 Å². The summed E-state index contributed by atoms with van der Waals surface area (Å²) in [6.45, 7) is 5.54. The van der Waals surface area contributed by atoms with Crippen LogP contribution in [0, 0.1) is 11.8 Å². The highest BCUT2D eigenvalue weighted by Gasteiger charge is 2.15. The quantitative estimate of drug-likeness (QED) is 0.609. The highest BCUT2D eigenvalue weighted by Crippen LogP contribution is 2.15. The van der Waals surface area contributed by atoms with Gasteiger partial charge in [0.2, 0.25) is 0 Å². The van der Waals surface area contributed by atoms with E-state index in [-0.39, 0.29) is 0 Å². The van der Waals surface area contributed by atoms with Crippen LogP contribution >= 0.6 is 11.8 Å². The molecule has 72 valence electrons. The van der Waals surface area contributed by atoms with Crippen LogP contribution in [0.5, 0.6) is 0 Å². The largest absolute Gasteiger partial charge is 0.330 e. The molecule has 0 saturated carbocycles.